The SMILES string of the molecule is COc1ccccc1CNC(=O)C1CCN(S(=O)(=O)c2cccc(C(F)(F)F)c2)CC1. The van der Waals surface area contributed by atoms with Gasteiger partial charge in [-0.05, 0) is 37.1 Å². The summed E-state index contributed by atoms with van der Waals surface area (Å²) in [6.07, 6.45) is -4.05. The summed E-state index contributed by atoms with van der Waals surface area (Å²) in [4.78, 5) is 12.1. The van der Waals surface area contributed by atoms with Gasteiger partial charge in [0, 0.05) is 31.1 Å². The van der Waals surface area contributed by atoms with Crippen LogP contribution in [-0.4, -0.2) is 38.8 Å². The Labute approximate surface area is 179 Å². The van der Waals surface area contributed by atoms with Crippen LogP contribution in [0.4, 0.5) is 13.2 Å². The third kappa shape index (κ3) is 5.37. The number of carbonyl (C=O) groups excluding carboxylic acids is 1. The minimum atomic E-state index is -4.63. The Hall–Kier alpha value is -2.59. The standard InChI is InChI=1S/C21H23F3N2O4S/c1-30-19-8-3-2-5-16(19)14-25-20(27)15-9-11-26(12-10-15)31(28,29)18-7-4-6-17(13-18)21(22,23)24/h2-8,13,15H,9-12,14H2,1H3,(H,25,27). The number of halogens is 3. The smallest absolute Gasteiger partial charge is 0.416 e. The molecule has 0 aromatic heterocycles. The van der Waals surface area contributed by atoms with Gasteiger partial charge in [-0.3, -0.25) is 4.79 Å². The van der Waals surface area contributed by atoms with E-state index in [0.29, 0.717) is 11.8 Å². The molecule has 10 heteroatoms. The van der Waals surface area contributed by atoms with Gasteiger partial charge in [-0.25, -0.2) is 8.42 Å². The van der Waals surface area contributed by atoms with Gasteiger partial charge in [-0.2, -0.15) is 17.5 Å². The lowest BCUT2D eigenvalue weighted by molar-refractivity contribution is -0.137. The van der Waals surface area contributed by atoms with Crippen molar-refractivity contribution in [1.82, 2.24) is 9.62 Å². The number of alkyl halides is 3. The number of nitrogens with zero attached hydrogens (tertiary/aromatic N) is 1. The molecule has 1 N–H and O–H groups in total. The Kier molecular flexibility index (Phi) is 6.90. The fraction of sp³-hybridized carbons (Fsp3) is 0.381. The topological polar surface area (TPSA) is 75.7 Å². The molecule has 0 unspecified atom stereocenters. The number of methoxy groups -OCH3 is 1. The van der Waals surface area contributed by atoms with Crippen LogP contribution in [0.3, 0.4) is 0 Å². The van der Waals surface area contributed by atoms with Gasteiger partial charge in [0.2, 0.25) is 15.9 Å². The van der Waals surface area contributed by atoms with E-state index in [4.69, 9.17) is 4.74 Å². The highest BCUT2D eigenvalue weighted by Crippen LogP contribution is 2.32. The van der Waals surface area contributed by atoms with E-state index in [-0.39, 0.29) is 44.3 Å². The van der Waals surface area contributed by atoms with E-state index in [1.54, 1.807) is 13.2 Å². The van der Waals surface area contributed by atoms with Crippen LogP contribution >= 0.6 is 0 Å². The zero-order valence-electron chi connectivity index (χ0n) is 16.9. The van der Waals surface area contributed by atoms with Gasteiger partial charge in [0.1, 0.15) is 5.75 Å². The first-order valence-electron chi connectivity index (χ1n) is 9.70. The largest absolute Gasteiger partial charge is 0.496 e. The zero-order chi connectivity index (χ0) is 22.6. The summed E-state index contributed by atoms with van der Waals surface area (Å²) in [5.74, 6) is 0.0921. The minimum Gasteiger partial charge on any atom is -0.496 e. The van der Waals surface area contributed by atoms with Crippen LogP contribution in [0.15, 0.2) is 53.4 Å². The number of hydrogen-bond donors (Lipinski definition) is 1. The van der Waals surface area contributed by atoms with E-state index in [0.717, 1.165) is 28.1 Å². The monoisotopic (exact) mass is 456 g/mol. The van der Waals surface area contributed by atoms with Crippen LogP contribution < -0.4 is 10.1 Å². The normalized spacial score (nSPS) is 16.1. The van der Waals surface area contributed by atoms with Crippen LogP contribution in [0.1, 0.15) is 24.0 Å². The maximum Gasteiger partial charge on any atom is 0.416 e. The summed E-state index contributed by atoms with van der Waals surface area (Å²) in [5.41, 5.74) is -0.193. The molecule has 1 fully saturated rings. The Morgan fingerprint density at radius 2 is 1.81 bits per heavy atom. The molecule has 1 saturated heterocycles. The number of hydrogen-bond acceptors (Lipinski definition) is 4. The van der Waals surface area contributed by atoms with E-state index >= 15 is 0 Å². The summed E-state index contributed by atoms with van der Waals surface area (Å²) >= 11 is 0. The minimum absolute atomic E-state index is 0.0608. The molecule has 31 heavy (non-hydrogen) atoms. The Balaban J connectivity index is 1.60. The van der Waals surface area contributed by atoms with E-state index in [2.05, 4.69) is 5.32 Å². The number of nitrogens with one attached hydrogen (secondary N) is 1. The molecule has 1 aliphatic heterocycles. The summed E-state index contributed by atoms with van der Waals surface area (Å²) in [6, 6.07) is 11.0. The maximum atomic E-state index is 12.9. The second kappa shape index (κ2) is 9.27. The molecule has 0 saturated carbocycles. The average molecular weight is 456 g/mol. The summed E-state index contributed by atoms with van der Waals surface area (Å²) in [6.45, 7) is 0.405. The fourth-order valence-electron chi connectivity index (χ4n) is 3.52. The highest BCUT2D eigenvalue weighted by Gasteiger charge is 2.35. The first kappa shape index (κ1) is 23.1. The van der Waals surface area contributed by atoms with E-state index in [1.165, 1.54) is 0 Å². The molecule has 0 radical (unpaired) electrons. The molecule has 2 aromatic rings. The molecule has 0 atom stereocenters. The highest BCUT2D eigenvalue weighted by atomic mass is 32.2. The molecule has 1 amide bonds. The number of para-hydroxylation sites is 1. The molecule has 2 aromatic carbocycles. The molecule has 168 valence electrons. The lowest BCUT2D eigenvalue weighted by Crippen LogP contribution is -2.42. The van der Waals surface area contributed by atoms with Crippen LogP contribution in [0.25, 0.3) is 0 Å². The van der Waals surface area contributed by atoms with Crippen molar-refractivity contribution in [3.63, 3.8) is 0 Å². The molecular weight excluding hydrogens is 433 g/mol. The van der Waals surface area contributed by atoms with E-state index < -0.39 is 26.7 Å². The fourth-order valence-corrected chi connectivity index (χ4v) is 5.03. The maximum absolute atomic E-state index is 12.9. The van der Waals surface area contributed by atoms with Crippen molar-refractivity contribution in [2.24, 2.45) is 5.92 Å². The second-order valence-corrected chi connectivity index (χ2v) is 9.17. The van der Waals surface area contributed by atoms with Crippen molar-refractivity contribution in [3.8, 4) is 5.75 Å². The van der Waals surface area contributed by atoms with Gasteiger partial charge in [0.15, 0.2) is 0 Å². The molecule has 1 heterocycles. The van der Waals surface area contributed by atoms with Gasteiger partial charge in [0.05, 0.1) is 17.6 Å². The van der Waals surface area contributed by atoms with Crippen molar-refractivity contribution in [2.45, 2.75) is 30.5 Å². The lowest BCUT2D eigenvalue weighted by Gasteiger charge is -2.30. The molecule has 0 aliphatic carbocycles. The lowest BCUT2D eigenvalue weighted by atomic mass is 9.97. The Morgan fingerprint density at radius 3 is 2.45 bits per heavy atom. The van der Waals surface area contributed by atoms with Crippen molar-refractivity contribution >= 4 is 15.9 Å². The quantitative estimate of drug-likeness (QED) is 0.723. The number of amides is 1. The van der Waals surface area contributed by atoms with Crippen LogP contribution in [-0.2, 0) is 27.5 Å². The number of ether oxygens (including phenoxy) is 1. The van der Waals surface area contributed by atoms with Gasteiger partial charge in [0.25, 0.3) is 0 Å². The zero-order valence-corrected chi connectivity index (χ0v) is 17.7. The van der Waals surface area contributed by atoms with Gasteiger partial charge < -0.3 is 10.1 Å². The number of sulfonamides is 1. The van der Waals surface area contributed by atoms with Gasteiger partial charge in [-0.1, -0.05) is 24.3 Å². The van der Waals surface area contributed by atoms with Crippen LogP contribution in [0.5, 0.6) is 5.75 Å². The molecule has 6 nitrogen and oxygen atoms in total. The first-order chi connectivity index (χ1) is 14.6. The second-order valence-electron chi connectivity index (χ2n) is 7.23. The number of benzene rings is 2. The highest BCUT2D eigenvalue weighted by molar-refractivity contribution is 7.89. The third-order valence-electron chi connectivity index (χ3n) is 5.27. The average Bonchev–Trinajstić information content (AvgIpc) is 2.77. The van der Waals surface area contributed by atoms with E-state index in [1.807, 2.05) is 18.2 Å². The van der Waals surface area contributed by atoms with Crippen molar-refractivity contribution in [1.29, 1.82) is 0 Å². The third-order valence-corrected chi connectivity index (χ3v) is 7.16. The van der Waals surface area contributed by atoms with Crippen LogP contribution in [0.2, 0.25) is 0 Å². The number of carbonyl (C=O) groups is 1. The summed E-state index contributed by atoms with van der Waals surface area (Å²) < 4.78 is 70.7. The molecule has 1 aliphatic rings. The van der Waals surface area contributed by atoms with Gasteiger partial charge >= 0.3 is 6.18 Å². The van der Waals surface area contributed by atoms with Crippen molar-refractivity contribution < 1.29 is 31.1 Å². The summed E-state index contributed by atoms with van der Waals surface area (Å²) in [7, 11) is -2.53. The van der Waals surface area contributed by atoms with Gasteiger partial charge in [-0.15, -0.1) is 0 Å². The van der Waals surface area contributed by atoms with Crippen molar-refractivity contribution in [2.75, 3.05) is 20.2 Å². The Morgan fingerprint density at radius 1 is 1.13 bits per heavy atom. The molecule has 0 bridgehead atoms. The molecular formula is C21H23F3N2O4S. The van der Waals surface area contributed by atoms with Crippen molar-refractivity contribution in [3.05, 3.63) is 59.7 Å². The van der Waals surface area contributed by atoms with E-state index in [9.17, 15) is 26.4 Å². The predicted molar refractivity (Wildman–Crippen MR) is 108 cm³/mol. The summed E-state index contributed by atoms with van der Waals surface area (Å²) in [5, 5.41) is 2.84. The predicted octanol–water partition coefficient (Wildman–Crippen LogP) is 3.43. The Bertz CT molecular complexity index is 1030. The number of rotatable bonds is 6. The molecule has 3 rings (SSSR count). The first-order valence-corrected chi connectivity index (χ1v) is 11.1. The molecule has 0 spiro atoms. The number of piperidine rings is 1. The van der Waals surface area contributed by atoms with Crippen LogP contribution in [0, 0.1) is 5.92 Å².